The van der Waals surface area contributed by atoms with E-state index in [0.717, 1.165) is 0 Å². The van der Waals surface area contributed by atoms with Crippen molar-refractivity contribution in [3.8, 4) is 0 Å². The van der Waals surface area contributed by atoms with Crippen molar-refractivity contribution in [1.29, 1.82) is 0 Å². The first-order valence-electron chi connectivity index (χ1n) is 3.36. The average molecular weight is 213 g/mol. The summed E-state index contributed by atoms with van der Waals surface area (Å²) < 4.78 is 23.7. The Morgan fingerprint density at radius 1 is 1.62 bits per heavy atom. The van der Waals surface area contributed by atoms with Crippen LogP contribution in [-0.4, -0.2) is 38.2 Å². The number of aliphatic carboxylic acids is 1. The third-order valence-corrected chi connectivity index (χ3v) is 2.98. The van der Waals surface area contributed by atoms with E-state index in [0.29, 0.717) is 0 Å². The molecule has 1 saturated carbocycles. The highest BCUT2D eigenvalue weighted by Crippen LogP contribution is 2.56. The molecule has 8 heteroatoms. The van der Waals surface area contributed by atoms with Gasteiger partial charge in [-0.05, 0) is 0 Å². The van der Waals surface area contributed by atoms with E-state index in [1.165, 1.54) is 0 Å². The molecule has 0 aromatic rings. The van der Waals surface area contributed by atoms with Crippen LogP contribution in [0.2, 0.25) is 0 Å². The Morgan fingerprint density at radius 3 is 2.31 bits per heavy atom. The van der Waals surface area contributed by atoms with Gasteiger partial charge in [-0.2, -0.15) is 0 Å². The van der Waals surface area contributed by atoms with Crippen LogP contribution < -0.4 is 5.73 Å². The van der Waals surface area contributed by atoms with E-state index in [4.69, 9.17) is 20.6 Å². The van der Waals surface area contributed by atoms with Gasteiger partial charge in [-0.3, -0.25) is 9.36 Å². The lowest BCUT2D eigenvalue weighted by atomic mass is 10.2. The van der Waals surface area contributed by atoms with E-state index < -0.39 is 37.4 Å². The van der Waals surface area contributed by atoms with Crippen molar-refractivity contribution in [3.05, 3.63) is 0 Å². The van der Waals surface area contributed by atoms with E-state index >= 15 is 0 Å². The van der Waals surface area contributed by atoms with Crippen LogP contribution in [-0.2, 0) is 9.36 Å². The summed E-state index contributed by atoms with van der Waals surface area (Å²) in [7, 11) is -4.56. The highest BCUT2D eigenvalue weighted by atomic mass is 31.2. The second-order valence-electron chi connectivity index (χ2n) is 3.24. The molecular formula is C5H9FNO5P. The van der Waals surface area contributed by atoms with Gasteiger partial charge in [0.25, 0.3) is 0 Å². The van der Waals surface area contributed by atoms with Gasteiger partial charge in [0.05, 0.1) is 6.16 Å². The summed E-state index contributed by atoms with van der Waals surface area (Å²) in [5.74, 6) is -1.58. The van der Waals surface area contributed by atoms with Gasteiger partial charge in [0.1, 0.15) is 0 Å². The molecule has 6 nitrogen and oxygen atoms in total. The van der Waals surface area contributed by atoms with Gasteiger partial charge in [0.15, 0.2) is 11.2 Å². The number of hydrogen-bond donors (Lipinski definition) is 4. The molecule has 0 radical (unpaired) electrons. The predicted octanol–water partition coefficient (Wildman–Crippen LogP) is -0.942. The lowest BCUT2D eigenvalue weighted by Crippen LogP contribution is -2.42. The molecule has 0 amide bonds. The summed E-state index contributed by atoms with van der Waals surface area (Å²) in [6.07, 6.45) is -1.69. The second-order valence-corrected chi connectivity index (χ2v) is 4.89. The van der Waals surface area contributed by atoms with Crippen LogP contribution in [0.25, 0.3) is 0 Å². The van der Waals surface area contributed by atoms with Crippen LogP contribution in [0.1, 0.15) is 6.42 Å². The Morgan fingerprint density at radius 2 is 2.08 bits per heavy atom. The normalized spacial score (nSPS) is 38.8. The van der Waals surface area contributed by atoms with Crippen LogP contribution in [0, 0.1) is 0 Å². The number of carbonyl (C=O) groups is 1. The number of carboxylic acid groups (broad SMARTS) is 1. The zero-order chi connectivity index (χ0) is 10.5. The summed E-state index contributed by atoms with van der Waals surface area (Å²) >= 11 is 0. The maximum absolute atomic E-state index is 13.3. The molecule has 1 rings (SSSR count). The molecule has 0 heterocycles. The molecule has 1 aliphatic carbocycles. The molecule has 2 atom stereocenters. The van der Waals surface area contributed by atoms with Crippen molar-refractivity contribution in [2.45, 2.75) is 17.6 Å². The van der Waals surface area contributed by atoms with Gasteiger partial charge in [-0.25, -0.2) is 4.39 Å². The Balaban J connectivity index is 2.76. The molecule has 1 fully saturated rings. The predicted molar refractivity (Wildman–Crippen MR) is 39.9 cm³/mol. The van der Waals surface area contributed by atoms with Crippen molar-refractivity contribution in [3.63, 3.8) is 0 Å². The lowest BCUT2D eigenvalue weighted by molar-refractivity contribution is -0.140. The molecular weight excluding hydrogens is 204 g/mol. The van der Waals surface area contributed by atoms with E-state index in [2.05, 4.69) is 0 Å². The standard InChI is InChI=1S/C5H9FNO5P/c6-4(2-13(10,11)12)1-5(4,7)3(8)9/h1-2,7H2,(H,8,9)(H2,10,11,12)/t4-,5?/m1/s1. The fourth-order valence-electron chi connectivity index (χ4n) is 1.19. The molecule has 1 unspecified atom stereocenters. The number of alkyl halides is 1. The minimum absolute atomic E-state index is 0.555. The van der Waals surface area contributed by atoms with E-state index in [1.807, 2.05) is 0 Å². The first-order valence-corrected chi connectivity index (χ1v) is 5.16. The lowest BCUT2D eigenvalue weighted by Gasteiger charge is -2.11. The topological polar surface area (TPSA) is 121 Å². The van der Waals surface area contributed by atoms with Crippen molar-refractivity contribution < 1.29 is 28.6 Å². The quantitative estimate of drug-likeness (QED) is 0.449. The van der Waals surface area contributed by atoms with E-state index in [9.17, 15) is 13.8 Å². The summed E-state index contributed by atoms with van der Waals surface area (Å²) in [6, 6.07) is 0. The van der Waals surface area contributed by atoms with Crippen molar-refractivity contribution >= 4 is 13.6 Å². The van der Waals surface area contributed by atoms with E-state index in [-0.39, 0.29) is 0 Å². The maximum atomic E-state index is 13.3. The summed E-state index contributed by atoms with van der Waals surface area (Å²) in [5, 5.41) is 8.43. The van der Waals surface area contributed by atoms with Gasteiger partial charge in [-0.1, -0.05) is 0 Å². The molecule has 0 aromatic carbocycles. The number of carboxylic acids is 1. The van der Waals surface area contributed by atoms with Crippen LogP contribution in [0.3, 0.4) is 0 Å². The summed E-state index contributed by atoms with van der Waals surface area (Å²) in [4.78, 5) is 27.2. The van der Waals surface area contributed by atoms with Gasteiger partial charge >= 0.3 is 13.6 Å². The smallest absolute Gasteiger partial charge is 0.328 e. The molecule has 0 saturated heterocycles. The first kappa shape index (κ1) is 10.6. The van der Waals surface area contributed by atoms with Crippen LogP contribution in [0.4, 0.5) is 4.39 Å². The average Bonchev–Trinajstić information content (AvgIpc) is 2.30. The van der Waals surface area contributed by atoms with Crippen molar-refractivity contribution in [2.24, 2.45) is 5.73 Å². The van der Waals surface area contributed by atoms with Gasteiger partial charge < -0.3 is 20.6 Å². The molecule has 0 spiro atoms. The van der Waals surface area contributed by atoms with Crippen molar-refractivity contribution in [1.82, 2.24) is 0 Å². The third kappa shape index (κ3) is 1.73. The number of nitrogens with two attached hydrogens (primary N) is 1. The molecule has 5 N–H and O–H groups in total. The van der Waals surface area contributed by atoms with Crippen LogP contribution in [0.5, 0.6) is 0 Å². The highest BCUT2D eigenvalue weighted by Gasteiger charge is 2.74. The minimum Gasteiger partial charge on any atom is -0.480 e. The van der Waals surface area contributed by atoms with Crippen LogP contribution >= 0.6 is 7.60 Å². The first-order chi connectivity index (χ1) is 5.61. The fraction of sp³-hybridized carbons (Fsp3) is 0.800. The molecule has 76 valence electrons. The Labute approximate surface area is 72.7 Å². The molecule has 13 heavy (non-hydrogen) atoms. The monoisotopic (exact) mass is 213 g/mol. The summed E-state index contributed by atoms with van der Waals surface area (Å²) in [5.41, 5.74) is 0.452. The van der Waals surface area contributed by atoms with Crippen molar-refractivity contribution in [2.75, 3.05) is 6.16 Å². The Bertz CT molecular complexity index is 303. The Hall–Kier alpha value is -0.490. The van der Waals surface area contributed by atoms with E-state index in [1.54, 1.807) is 0 Å². The largest absolute Gasteiger partial charge is 0.480 e. The third-order valence-electron chi connectivity index (χ3n) is 2.07. The Kier molecular flexibility index (Phi) is 2.04. The minimum atomic E-state index is -4.56. The zero-order valence-corrected chi connectivity index (χ0v) is 7.37. The second kappa shape index (κ2) is 2.51. The number of hydrogen-bond acceptors (Lipinski definition) is 3. The van der Waals surface area contributed by atoms with Crippen LogP contribution in [0.15, 0.2) is 0 Å². The molecule has 0 bridgehead atoms. The summed E-state index contributed by atoms with van der Waals surface area (Å²) in [6.45, 7) is 0. The highest BCUT2D eigenvalue weighted by molar-refractivity contribution is 7.51. The SMILES string of the molecule is NC1(C(=O)O)C[C@@]1(F)CP(=O)(O)O. The molecule has 0 aliphatic heterocycles. The number of halogens is 1. The zero-order valence-electron chi connectivity index (χ0n) is 6.47. The maximum Gasteiger partial charge on any atom is 0.328 e. The molecule has 1 aliphatic rings. The van der Waals surface area contributed by atoms with Gasteiger partial charge in [0.2, 0.25) is 0 Å². The van der Waals surface area contributed by atoms with Gasteiger partial charge in [0, 0.05) is 6.42 Å². The fourth-order valence-corrected chi connectivity index (χ4v) is 2.24. The number of rotatable bonds is 3. The molecule has 0 aromatic heterocycles. The van der Waals surface area contributed by atoms with Gasteiger partial charge in [-0.15, -0.1) is 0 Å².